The number of alkyl halides is 3. The number of pyridine rings is 1. The van der Waals surface area contributed by atoms with Gasteiger partial charge in [0.15, 0.2) is 5.78 Å². The van der Waals surface area contributed by atoms with Crippen LogP contribution in [0.3, 0.4) is 0 Å². The number of hydrogen-bond acceptors (Lipinski definition) is 5. The first-order chi connectivity index (χ1) is 20.8. The van der Waals surface area contributed by atoms with E-state index in [2.05, 4.69) is 10.1 Å². The van der Waals surface area contributed by atoms with Crippen molar-refractivity contribution in [2.45, 2.75) is 49.7 Å². The van der Waals surface area contributed by atoms with E-state index in [0.29, 0.717) is 18.5 Å². The number of aromatic nitrogens is 3. The number of allylic oxidation sites excluding steroid dienone is 1. The highest BCUT2D eigenvalue weighted by molar-refractivity contribution is 7.89. The molecular weight excluding hydrogens is 596 g/mol. The Morgan fingerprint density at radius 2 is 1.77 bits per heavy atom. The van der Waals surface area contributed by atoms with Crippen molar-refractivity contribution in [3.05, 3.63) is 113 Å². The quantitative estimate of drug-likeness (QED) is 0.183. The molecule has 228 valence electrons. The fraction of sp³-hybridized carbons (Fsp3) is 0.281. The van der Waals surface area contributed by atoms with E-state index < -0.39 is 33.2 Å². The second kappa shape index (κ2) is 10.8. The average Bonchev–Trinajstić information content (AvgIpc) is 3.41. The predicted molar refractivity (Wildman–Crippen MR) is 155 cm³/mol. The highest BCUT2D eigenvalue weighted by atomic mass is 32.2. The summed E-state index contributed by atoms with van der Waals surface area (Å²) >= 11 is 0. The minimum absolute atomic E-state index is 0.144. The smallest absolute Gasteiger partial charge is 0.291 e. The second-order valence-corrected chi connectivity index (χ2v) is 13.4. The number of rotatable bonds is 6. The van der Waals surface area contributed by atoms with E-state index in [1.807, 2.05) is 13.0 Å². The van der Waals surface area contributed by atoms with Crippen LogP contribution < -0.4 is 0 Å². The molecule has 2 aliphatic rings. The molecule has 0 aliphatic heterocycles. The van der Waals surface area contributed by atoms with E-state index in [1.54, 1.807) is 41.3 Å². The predicted octanol–water partition coefficient (Wildman–Crippen LogP) is 6.42. The average molecular weight is 625 g/mol. The van der Waals surface area contributed by atoms with Crippen molar-refractivity contribution in [2.75, 3.05) is 7.05 Å². The van der Waals surface area contributed by atoms with Gasteiger partial charge in [-0.1, -0.05) is 5.57 Å². The summed E-state index contributed by atoms with van der Waals surface area (Å²) in [4.78, 5) is 18.5. The maximum atomic E-state index is 14.4. The lowest BCUT2D eigenvalue weighted by Crippen LogP contribution is -2.49. The number of fused-ring (bicyclic) bond motifs is 2. The van der Waals surface area contributed by atoms with Crippen LogP contribution in [-0.4, -0.2) is 46.4 Å². The Kier molecular flexibility index (Phi) is 7.32. The Morgan fingerprint density at radius 3 is 2.43 bits per heavy atom. The lowest BCUT2D eigenvalue weighted by Gasteiger charge is -2.45. The maximum Gasteiger partial charge on any atom is 0.416 e. The number of ketones is 1. The summed E-state index contributed by atoms with van der Waals surface area (Å²) < 4.78 is 83.0. The summed E-state index contributed by atoms with van der Waals surface area (Å²) in [6.07, 6.45) is 1.72. The van der Waals surface area contributed by atoms with E-state index in [0.717, 1.165) is 46.7 Å². The molecule has 0 saturated heterocycles. The lowest BCUT2D eigenvalue weighted by atomic mass is 9.60. The number of carbonyl (C=O) groups excluding carboxylic acids is 1. The minimum atomic E-state index is -4.60. The number of hydrogen-bond donors (Lipinski definition) is 0. The summed E-state index contributed by atoms with van der Waals surface area (Å²) in [6, 6.07) is 12.2. The molecule has 6 rings (SSSR count). The number of halogens is 4. The van der Waals surface area contributed by atoms with Crippen molar-refractivity contribution < 1.29 is 30.8 Å². The van der Waals surface area contributed by atoms with Crippen molar-refractivity contribution in [3.63, 3.8) is 0 Å². The topological polar surface area (TPSA) is 85.2 Å². The van der Waals surface area contributed by atoms with Crippen LogP contribution in [0, 0.1) is 18.2 Å². The van der Waals surface area contributed by atoms with Crippen molar-refractivity contribution in [1.82, 2.24) is 19.1 Å². The summed E-state index contributed by atoms with van der Waals surface area (Å²) in [5, 5.41) is 4.53. The number of sulfonamides is 1. The van der Waals surface area contributed by atoms with Crippen LogP contribution in [0.5, 0.6) is 0 Å². The van der Waals surface area contributed by atoms with Gasteiger partial charge in [-0.2, -0.15) is 22.6 Å². The molecule has 2 heterocycles. The van der Waals surface area contributed by atoms with Gasteiger partial charge in [-0.25, -0.2) is 17.5 Å². The zero-order valence-electron chi connectivity index (χ0n) is 23.8. The van der Waals surface area contributed by atoms with Crippen LogP contribution >= 0.6 is 0 Å². The Hall–Kier alpha value is -4.16. The zero-order valence-corrected chi connectivity index (χ0v) is 24.7. The van der Waals surface area contributed by atoms with Gasteiger partial charge < -0.3 is 0 Å². The molecule has 2 aromatic carbocycles. The van der Waals surface area contributed by atoms with Crippen LogP contribution in [0.25, 0.3) is 11.8 Å². The molecule has 2 atom stereocenters. The lowest BCUT2D eigenvalue weighted by molar-refractivity contribution is -0.137. The number of benzene rings is 2. The third-order valence-electron chi connectivity index (χ3n) is 8.66. The van der Waals surface area contributed by atoms with Gasteiger partial charge >= 0.3 is 6.18 Å². The third kappa shape index (κ3) is 5.15. The SMILES string of the molecule is Cc1ccnc(C(=O)[C@]23Cc4cnn(-c5ccc(F)cc5)c4C=C2CC[C@H](N(C)S(=O)(=O)c2ccc(C(F)(F)F)cc2)C3)c1. The van der Waals surface area contributed by atoms with Crippen LogP contribution in [0.15, 0.2) is 83.5 Å². The standard InChI is InChI=1S/C32H28F4N4O3S/c1-20-13-14-37-28(15-20)30(41)31-17-21-19-38-40(25-9-6-24(33)7-10-25)29(21)16-23(31)3-8-26(18-31)39(2)44(42,43)27-11-4-22(5-12-27)32(34,35)36/h4-7,9-16,19,26H,3,8,17-18H2,1-2H3/t26-,31-/m0/s1. The van der Waals surface area contributed by atoms with Gasteiger partial charge in [-0.3, -0.25) is 9.78 Å². The Labute approximate surface area is 251 Å². The molecule has 0 unspecified atom stereocenters. The van der Waals surface area contributed by atoms with E-state index >= 15 is 0 Å². The first kappa shape index (κ1) is 29.9. The summed E-state index contributed by atoms with van der Waals surface area (Å²) in [7, 11) is -2.79. The highest BCUT2D eigenvalue weighted by Gasteiger charge is 2.51. The van der Waals surface area contributed by atoms with Crippen molar-refractivity contribution in [1.29, 1.82) is 0 Å². The first-order valence-corrected chi connectivity index (χ1v) is 15.4. The van der Waals surface area contributed by atoms with Gasteiger partial charge in [-0.05, 0) is 110 Å². The molecule has 0 radical (unpaired) electrons. The van der Waals surface area contributed by atoms with Gasteiger partial charge in [0.2, 0.25) is 10.0 Å². The van der Waals surface area contributed by atoms with Crippen LogP contribution in [0.2, 0.25) is 0 Å². The second-order valence-electron chi connectivity index (χ2n) is 11.4. The summed E-state index contributed by atoms with van der Waals surface area (Å²) in [5.41, 5.74) is 2.04. The zero-order chi connectivity index (χ0) is 31.4. The third-order valence-corrected chi connectivity index (χ3v) is 10.6. The van der Waals surface area contributed by atoms with Gasteiger partial charge in [-0.15, -0.1) is 0 Å². The monoisotopic (exact) mass is 624 g/mol. The molecule has 1 fully saturated rings. The van der Waals surface area contributed by atoms with Crippen LogP contribution in [-0.2, 0) is 22.6 Å². The molecule has 2 aliphatic carbocycles. The molecule has 0 N–H and O–H groups in total. The van der Waals surface area contributed by atoms with Crippen molar-refractivity contribution in [2.24, 2.45) is 5.41 Å². The number of aryl methyl sites for hydroxylation is 1. The van der Waals surface area contributed by atoms with E-state index in [-0.39, 0.29) is 35.0 Å². The van der Waals surface area contributed by atoms with Crippen LogP contribution in [0.4, 0.5) is 17.6 Å². The first-order valence-electron chi connectivity index (χ1n) is 14.0. The number of carbonyl (C=O) groups is 1. The van der Waals surface area contributed by atoms with E-state index in [9.17, 15) is 30.8 Å². The Bertz CT molecular complexity index is 1880. The van der Waals surface area contributed by atoms with Gasteiger partial charge in [0.25, 0.3) is 0 Å². The molecule has 0 amide bonds. The largest absolute Gasteiger partial charge is 0.416 e. The molecule has 2 aromatic heterocycles. The van der Waals surface area contributed by atoms with Crippen molar-refractivity contribution in [3.8, 4) is 5.69 Å². The van der Waals surface area contributed by atoms with E-state index in [4.69, 9.17) is 0 Å². The normalized spacial score (nSPS) is 20.2. The fourth-order valence-corrected chi connectivity index (χ4v) is 7.65. The fourth-order valence-electron chi connectivity index (χ4n) is 6.27. The molecule has 44 heavy (non-hydrogen) atoms. The summed E-state index contributed by atoms with van der Waals surface area (Å²) in [6.45, 7) is 1.85. The molecule has 12 heteroatoms. The maximum absolute atomic E-state index is 14.4. The molecule has 7 nitrogen and oxygen atoms in total. The van der Waals surface area contributed by atoms with Crippen LogP contribution in [0.1, 0.15) is 52.1 Å². The molecule has 0 bridgehead atoms. The van der Waals surface area contributed by atoms with Gasteiger partial charge in [0, 0.05) is 19.3 Å². The Morgan fingerprint density at radius 1 is 1.07 bits per heavy atom. The number of Topliss-reactive ketones (excluding diaryl/α,β-unsaturated/α-hetero) is 1. The van der Waals surface area contributed by atoms with E-state index in [1.165, 1.54) is 23.5 Å². The molecule has 0 spiro atoms. The number of nitrogens with zero attached hydrogens (tertiary/aromatic N) is 4. The van der Waals surface area contributed by atoms with Gasteiger partial charge in [0.1, 0.15) is 11.5 Å². The Balaban J connectivity index is 1.39. The highest BCUT2D eigenvalue weighted by Crippen LogP contribution is 2.51. The molecule has 4 aromatic rings. The molecule has 1 saturated carbocycles. The minimum Gasteiger partial charge on any atom is -0.291 e. The summed E-state index contributed by atoms with van der Waals surface area (Å²) in [5.74, 6) is -0.616. The van der Waals surface area contributed by atoms with Crippen molar-refractivity contribution >= 4 is 21.9 Å². The molecular formula is C32H28F4N4O3S. The van der Waals surface area contributed by atoms with Gasteiger partial charge in [0.05, 0.1) is 33.5 Å².